The van der Waals surface area contributed by atoms with Crippen LogP contribution in [0.25, 0.3) is 5.57 Å². The first kappa shape index (κ1) is 8.31. The van der Waals surface area contributed by atoms with Gasteiger partial charge in [-0.3, -0.25) is 0 Å². The molecule has 1 aliphatic carbocycles. The molecule has 65 valence electrons. The van der Waals surface area contributed by atoms with E-state index < -0.39 is 0 Å². The molecule has 0 saturated heterocycles. The largest absolute Gasteiger partial charge is 0.0833 e. The lowest BCUT2D eigenvalue weighted by Gasteiger charge is -2.11. The number of benzene rings is 1. The Morgan fingerprint density at radius 2 is 1.85 bits per heavy atom. The van der Waals surface area contributed by atoms with Crippen molar-refractivity contribution < 1.29 is 0 Å². The van der Waals surface area contributed by atoms with Crippen LogP contribution >= 0.6 is 0 Å². The van der Waals surface area contributed by atoms with Gasteiger partial charge in [0.1, 0.15) is 0 Å². The van der Waals surface area contributed by atoms with E-state index in [2.05, 4.69) is 55.8 Å². The van der Waals surface area contributed by atoms with Crippen molar-refractivity contribution in [3.8, 4) is 0 Å². The zero-order chi connectivity index (χ0) is 9.10. The van der Waals surface area contributed by atoms with Crippen molar-refractivity contribution in [2.45, 2.75) is 13.3 Å². The summed E-state index contributed by atoms with van der Waals surface area (Å²) in [6.07, 6.45) is 7.75. The van der Waals surface area contributed by atoms with Crippen LogP contribution in [0.15, 0.2) is 48.1 Å². The van der Waals surface area contributed by atoms with Crippen LogP contribution in [0.2, 0.25) is 0 Å². The second kappa shape index (κ2) is 3.61. The van der Waals surface area contributed by atoms with E-state index in [0.717, 1.165) is 6.42 Å². The lowest BCUT2D eigenvalue weighted by molar-refractivity contribution is 1.19. The molecule has 0 unspecified atom stereocenters. The van der Waals surface area contributed by atoms with Gasteiger partial charge in [0.05, 0.1) is 0 Å². The maximum atomic E-state index is 2.27. The van der Waals surface area contributed by atoms with Gasteiger partial charge in [-0.05, 0) is 30.9 Å². The molecular weight excluding hydrogens is 156 g/mol. The van der Waals surface area contributed by atoms with Gasteiger partial charge in [-0.2, -0.15) is 0 Å². The summed E-state index contributed by atoms with van der Waals surface area (Å²) < 4.78 is 0. The summed E-state index contributed by atoms with van der Waals surface area (Å²) in [6.45, 7) is 2.17. The molecule has 0 aromatic heterocycles. The highest BCUT2D eigenvalue weighted by atomic mass is 14.1. The highest BCUT2D eigenvalue weighted by Gasteiger charge is 2.05. The molecule has 0 bridgehead atoms. The van der Waals surface area contributed by atoms with Crippen molar-refractivity contribution in [1.29, 1.82) is 0 Å². The van der Waals surface area contributed by atoms with Gasteiger partial charge in [0.2, 0.25) is 0 Å². The fourth-order valence-corrected chi connectivity index (χ4v) is 1.61. The number of rotatable bonds is 1. The first-order chi connectivity index (χ1) is 6.38. The smallest absolute Gasteiger partial charge is 0.00932 e. The van der Waals surface area contributed by atoms with Crippen LogP contribution < -0.4 is 0 Å². The lowest BCUT2D eigenvalue weighted by Crippen LogP contribution is -1.91. The fraction of sp³-hybridized carbons (Fsp3) is 0.154. The third-order valence-electron chi connectivity index (χ3n) is 2.35. The van der Waals surface area contributed by atoms with E-state index in [1.165, 1.54) is 16.7 Å². The van der Waals surface area contributed by atoms with E-state index in [1.54, 1.807) is 0 Å². The van der Waals surface area contributed by atoms with Crippen molar-refractivity contribution in [2.75, 3.05) is 0 Å². The van der Waals surface area contributed by atoms with Crippen LogP contribution in [0.4, 0.5) is 0 Å². The molecule has 0 saturated carbocycles. The molecule has 0 nitrogen and oxygen atoms in total. The van der Waals surface area contributed by atoms with E-state index in [1.807, 2.05) is 0 Å². The minimum Gasteiger partial charge on any atom is -0.0833 e. The Labute approximate surface area is 79.6 Å². The van der Waals surface area contributed by atoms with Crippen LogP contribution in [0.3, 0.4) is 0 Å². The zero-order valence-electron chi connectivity index (χ0n) is 7.83. The quantitative estimate of drug-likeness (QED) is 0.602. The Bertz CT molecular complexity index is 342. The molecular formula is C13H13. The SMILES string of the molecule is CC1=C(c2ccccc2)C=CC[CH]1. The first-order valence-electron chi connectivity index (χ1n) is 4.64. The molecule has 1 aromatic rings. The highest BCUT2D eigenvalue weighted by molar-refractivity contribution is 5.78. The van der Waals surface area contributed by atoms with Crippen LogP contribution in [0, 0.1) is 6.42 Å². The van der Waals surface area contributed by atoms with Crippen molar-refractivity contribution in [3.05, 3.63) is 60.0 Å². The Morgan fingerprint density at radius 3 is 2.54 bits per heavy atom. The van der Waals surface area contributed by atoms with Crippen LogP contribution in [0.5, 0.6) is 0 Å². The Kier molecular flexibility index (Phi) is 2.31. The van der Waals surface area contributed by atoms with Gasteiger partial charge in [-0.15, -0.1) is 0 Å². The summed E-state index contributed by atoms with van der Waals surface area (Å²) in [4.78, 5) is 0. The summed E-state index contributed by atoms with van der Waals surface area (Å²) in [7, 11) is 0. The van der Waals surface area contributed by atoms with Crippen molar-refractivity contribution in [2.24, 2.45) is 0 Å². The van der Waals surface area contributed by atoms with Crippen molar-refractivity contribution in [1.82, 2.24) is 0 Å². The van der Waals surface area contributed by atoms with Crippen LogP contribution in [-0.2, 0) is 0 Å². The van der Waals surface area contributed by atoms with Gasteiger partial charge >= 0.3 is 0 Å². The van der Waals surface area contributed by atoms with E-state index in [4.69, 9.17) is 0 Å². The molecule has 0 heteroatoms. The predicted octanol–water partition coefficient (Wildman–Crippen LogP) is 3.62. The van der Waals surface area contributed by atoms with E-state index >= 15 is 0 Å². The van der Waals surface area contributed by atoms with Crippen molar-refractivity contribution >= 4 is 5.57 Å². The fourth-order valence-electron chi connectivity index (χ4n) is 1.61. The molecule has 1 radical (unpaired) electrons. The first-order valence-corrected chi connectivity index (χ1v) is 4.64. The predicted molar refractivity (Wildman–Crippen MR) is 57.1 cm³/mol. The Balaban J connectivity index is 2.41. The highest BCUT2D eigenvalue weighted by Crippen LogP contribution is 2.25. The second-order valence-electron chi connectivity index (χ2n) is 3.30. The standard InChI is InChI=1S/C13H13/c1-11-7-5-6-10-13(11)12-8-3-2-4-9-12/h2-4,6-10H,5H2,1H3. The molecule has 1 aromatic carbocycles. The minimum atomic E-state index is 1.07. The maximum Gasteiger partial charge on any atom is -0.00932 e. The third kappa shape index (κ3) is 1.72. The lowest BCUT2D eigenvalue weighted by atomic mass is 9.93. The zero-order valence-corrected chi connectivity index (χ0v) is 7.83. The van der Waals surface area contributed by atoms with Gasteiger partial charge in [0, 0.05) is 0 Å². The summed E-state index contributed by atoms with van der Waals surface area (Å²) in [6, 6.07) is 10.5. The van der Waals surface area contributed by atoms with Crippen molar-refractivity contribution in [3.63, 3.8) is 0 Å². The Morgan fingerprint density at radius 1 is 1.08 bits per heavy atom. The van der Waals surface area contributed by atoms with Crippen LogP contribution in [-0.4, -0.2) is 0 Å². The molecule has 0 atom stereocenters. The average molecular weight is 169 g/mol. The van der Waals surface area contributed by atoms with E-state index in [-0.39, 0.29) is 0 Å². The molecule has 1 aliphatic rings. The number of hydrogen-bond donors (Lipinski definition) is 0. The minimum absolute atomic E-state index is 1.07. The molecule has 0 aliphatic heterocycles. The molecule has 2 rings (SSSR count). The van der Waals surface area contributed by atoms with Gasteiger partial charge < -0.3 is 0 Å². The summed E-state index contributed by atoms with van der Waals surface area (Å²) in [5.41, 5.74) is 4.05. The second-order valence-corrected chi connectivity index (χ2v) is 3.30. The molecule has 0 heterocycles. The molecule has 13 heavy (non-hydrogen) atoms. The van der Waals surface area contributed by atoms with E-state index in [9.17, 15) is 0 Å². The molecule has 0 amide bonds. The maximum absolute atomic E-state index is 2.27. The van der Waals surface area contributed by atoms with Gasteiger partial charge in [0.15, 0.2) is 0 Å². The third-order valence-corrected chi connectivity index (χ3v) is 2.35. The van der Waals surface area contributed by atoms with Gasteiger partial charge in [-0.25, -0.2) is 0 Å². The van der Waals surface area contributed by atoms with Gasteiger partial charge in [0.25, 0.3) is 0 Å². The summed E-state index contributed by atoms with van der Waals surface area (Å²) in [5, 5.41) is 0. The number of hydrogen-bond acceptors (Lipinski definition) is 0. The molecule has 0 fully saturated rings. The average Bonchev–Trinajstić information content (AvgIpc) is 2.20. The van der Waals surface area contributed by atoms with E-state index in [0.29, 0.717) is 0 Å². The Hall–Kier alpha value is -1.30. The summed E-state index contributed by atoms with van der Waals surface area (Å²) >= 11 is 0. The van der Waals surface area contributed by atoms with Crippen LogP contribution in [0.1, 0.15) is 18.9 Å². The number of allylic oxidation sites excluding steroid dienone is 4. The monoisotopic (exact) mass is 169 g/mol. The summed E-state index contributed by atoms with van der Waals surface area (Å²) in [5.74, 6) is 0. The molecule has 0 spiro atoms. The normalized spacial score (nSPS) is 16.4. The van der Waals surface area contributed by atoms with Gasteiger partial charge in [-0.1, -0.05) is 48.1 Å². The molecule has 0 N–H and O–H groups in total. The topological polar surface area (TPSA) is 0 Å².